The molecule has 2 aromatic heterocycles. The molecule has 1 aromatic carbocycles. The number of amides is 1. The maximum absolute atomic E-state index is 12.0. The van der Waals surface area contributed by atoms with Crippen LogP contribution >= 0.6 is 0 Å². The molecule has 3 rings (SSSR count). The van der Waals surface area contributed by atoms with Crippen molar-refractivity contribution in [2.75, 3.05) is 5.43 Å². The summed E-state index contributed by atoms with van der Waals surface area (Å²) in [4.78, 5) is 27.7. The highest BCUT2D eigenvalue weighted by molar-refractivity contribution is 5.86. The second-order valence-electron chi connectivity index (χ2n) is 4.31. The fourth-order valence-electron chi connectivity index (χ4n) is 1.96. The second-order valence-corrected chi connectivity index (χ2v) is 4.31. The fraction of sp³-hybridized carbons (Fsp3) is 0.0714. The lowest BCUT2D eigenvalue weighted by Gasteiger charge is -2.08. The quantitative estimate of drug-likeness (QED) is 0.769. The predicted octanol–water partition coefficient (Wildman–Crippen LogP) is 0.968. The standard InChI is InChI=1S/C14H12N4O2/c19-13(9-17-8-4-3-7-14(17)20)16-18-10-15-11-5-1-2-6-12(11)18/h1-8,10H,9H2,(H,16,19). The van der Waals surface area contributed by atoms with Crippen LogP contribution < -0.4 is 11.0 Å². The van der Waals surface area contributed by atoms with Crippen LogP contribution in [0.1, 0.15) is 0 Å². The van der Waals surface area contributed by atoms with Crippen molar-refractivity contribution in [3.63, 3.8) is 0 Å². The third-order valence-electron chi connectivity index (χ3n) is 2.91. The lowest BCUT2D eigenvalue weighted by atomic mass is 10.3. The molecule has 0 spiro atoms. The van der Waals surface area contributed by atoms with Crippen molar-refractivity contribution in [1.29, 1.82) is 0 Å². The highest BCUT2D eigenvalue weighted by Gasteiger charge is 2.07. The molecule has 2 heterocycles. The molecular formula is C14H12N4O2. The van der Waals surface area contributed by atoms with Crippen molar-refractivity contribution in [3.05, 3.63) is 65.3 Å². The molecule has 0 aliphatic rings. The summed E-state index contributed by atoms with van der Waals surface area (Å²) in [5, 5.41) is 0. The Kier molecular flexibility index (Phi) is 3.04. The maximum Gasteiger partial charge on any atom is 0.258 e. The Bertz CT molecular complexity index is 819. The van der Waals surface area contributed by atoms with Gasteiger partial charge >= 0.3 is 0 Å². The molecule has 100 valence electrons. The van der Waals surface area contributed by atoms with Crippen molar-refractivity contribution in [2.24, 2.45) is 0 Å². The Balaban J connectivity index is 1.80. The summed E-state index contributed by atoms with van der Waals surface area (Å²) >= 11 is 0. The first-order chi connectivity index (χ1) is 9.74. The van der Waals surface area contributed by atoms with Crippen LogP contribution in [-0.2, 0) is 11.3 Å². The molecule has 0 aliphatic carbocycles. The van der Waals surface area contributed by atoms with E-state index in [0.717, 1.165) is 11.0 Å². The van der Waals surface area contributed by atoms with E-state index in [1.165, 1.54) is 17.0 Å². The molecule has 0 atom stereocenters. The highest BCUT2D eigenvalue weighted by Crippen LogP contribution is 2.09. The van der Waals surface area contributed by atoms with Gasteiger partial charge in [0.2, 0.25) is 0 Å². The first kappa shape index (κ1) is 12.2. The first-order valence-electron chi connectivity index (χ1n) is 6.11. The molecule has 3 aromatic rings. The van der Waals surface area contributed by atoms with Crippen LogP contribution in [-0.4, -0.2) is 20.1 Å². The molecule has 0 saturated heterocycles. The smallest absolute Gasteiger partial charge is 0.258 e. The van der Waals surface area contributed by atoms with Gasteiger partial charge in [-0.3, -0.25) is 15.0 Å². The SMILES string of the molecule is O=C(Cn1ccccc1=O)Nn1cnc2ccccc21. The van der Waals surface area contributed by atoms with Gasteiger partial charge in [-0.1, -0.05) is 18.2 Å². The summed E-state index contributed by atoms with van der Waals surface area (Å²) in [5.41, 5.74) is 4.09. The van der Waals surface area contributed by atoms with Crippen LogP contribution in [0.25, 0.3) is 11.0 Å². The number of rotatable bonds is 3. The molecule has 0 unspecified atom stereocenters. The van der Waals surface area contributed by atoms with E-state index in [0.29, 0.717) is 0 Å². The molecule has 6 heteroatoms. The average molecular weight is 268 g/mol. The van der Waals surface area contributed by atoms with E-state index in [1.807, 2.05) is 24.3 Å². The van der Waals surface area contributed by atoms with E-state index in [4.69, 9.17) is 0 Å². The number of carbonyl (C=O) groups excluding carboxylic acids is 1. The summed E-state index contributed by atoms with van der Waals surface area (Å²) in [5.74, 6) is -0.290. The van der Waals surface area contributed by atoms with Crippen LogP contribution in [0.4, 0.5) is 0 Å². The molecule has 1 N–H and O–H groups in total. The molecule has 0 saturated carbocycles. The zero-order valence-corrected chi connectivity index (χ0v) is 10.6. The lowest BCUT2D eigenvalue weighted by Crippen LogP contribution is -2.30. The van der Waals surface area contributed by atoms with E-state index >= 15 is 0 Å². The predicted molar refractivity (Wildman–Crippen MR) is 74.8 cm³/mol. The van der Waals surface area contributed by atoms with E-state index in [1.54, 1.807) is 23.0 Å². The third-order valence-corrected chi connectivity index (χ3v) is 2.91. The van der Waals surface area contributed by atoms with Gasteiger partial charge in [-0.15, -0.1) is 0 Å². The van der Waals surface area contributed by atoms with E-state index < -0.39 is 0 Å². The maximum atomic E-state index is 12.0. The van der Waals surface area contributed by atoms with Gasteiger partial charge in [-0.2, -0.15) is 0 Å². The number of pyridine rings is 1. The van der Waals surface area contributed by atoms with Crippen LogP contribution in [0.5, 0.6) is 0 Å². The molecular weight excluding hydrogens is 256 g/mol. The van der Waals surface area contributed by atoms with Gasteiger partial charge in [-0.05, 0) is 18.2 Å². The number of hydrogen-bond acceptors (Lipinski definition) is 3. The normalized spacial score (nSPS) is 10.6. The monoisotopic (exact) mass is 268 g/mol. The second kappa shape index (κ2) is 5.00. The zero-order chi connectivity index (χ0) is 13.9. The number of imidazole rings is 1. The molecule has 20 heavy (non-hydrogen) atoms. The van der Waals surface area contributed by atoms with Gasteiger partial charge in [0.1, 0.15) is 12.9 Å². The highest BCUT2D eigenvalue weighted by atomic mass is 16.2. The zero-order valence-electron chi connectivity index (χ0n) is 10.6. The van der Waals surface area contributed by atoms with Crippen molar-refractivity contribution < 1.29 is 4.79 Å². The first-order valence-corrected chi connectivity index (χ1v) is 6.11. The summed E-state index contributed by atoms with van der Waals surface area (Å²) < 4.78 is 2.89. The Morgan fingerprint density at radius 2 is 1.95 bits per heavy atom. The third kappa shape index (κ3) is 2.31. The van der Waals surface area contributed by atoms with E-state index in [-0.39, 0.29) is 18.0 Å². The Morgan fingerprint density at radius 3 is 2.80 bits per heavy atom. The van der Waals surface area contributed by atoms with Crippen LogP contribution in [0.15, 0.2) is 59.8 Å². The summed E-state index contributed by atoms with van der Waals surface area (Å²) in [7, 11) is 0. The summed E-state index contributed by atoms with van der Waals surface area (Å²) in [6, 6.07) is 12.2. The molecule has 1 amide bonds. The fourth-order valence-corrected chi connectivity index (χ4v) is 1.96. The number of fused-ring (bicyclic) bond motifs is 1. The minimum atomic E-state index is -0.290. The molecule has 0 bridgehead atoms. The molecule has 0 fully saturated rings. The van der Waals surface area contributed by atoms with Gasteiger partial charge in [0.05, 0.1) is 11.0 Å². The van der Waals surface area contributed by atoms with Crippen molar-refractivity contribution >= 4 is 16.9 Å². The minimum Gasteiger partial charge on any atom is -0.306 e. The van der Waals surface area contributed by atoms with Gasteiger partial charge in [-0.25, -0.2) is 9.66 Å². The molecule has 0 radical (unpaired) electrons. The van der Waals surface area contributed by atoms with Crippen LogP contribution in [0, 0.1) is 0 Å². The number of nitrogens with one attached hydrogen (secondary N) is 1. The average Bonchev–Trinajstić information content (AvgIpc) is 2.85. The number of carbonyl (C=O) groups is 1. The number of benzene rings is 1. The minimum absolute atomic E-state index is 0.0355. The van der Waals surface area contributed by atoms with Gasteiger partial charge in [0.25, 0.3) is 11.5 Å². The van der Waals surface area contributed by atoms with Crippen molar-refractivity contribution in [2.45, 2.75) is 6.54 Å². The van der Waals surface area contributed by atoms with Crippen molar-refractivity contribution in [1.82, 2.24) is 14.2 Å². The van der Waals surface area contributed by atoms with E-state index in [2.05, 4.69) is 10.4 Å². The van der Waals surface area contributed by atoms with E-state index in [9.17, 15) is 9.59 Å². The number of para-hydroxylation sites is 2. The summed E-state index contributed by atoms with van der Waals surface area (Å²) in [6.45, 7) is -0.0355. The Hall–Kier alpha value is -2.89. The van der Waals surface area contributed by atoms with Crippen molar-refractivity contribution in [3.8, 4) is 0 Å². The van der Waals surface area contributed by atoms with Gasteiger partial charge in [0.15, 0.2) is 0 Å². The summed E-state index contributed by atoms with van der Waals surface area (Å²) in [6.07, 6.45) is 3.12. The Morgan fingerprint density at radius 1 is 1.15 bits per heavy atom. The van der Waals surface area contributed by atoms with Gasteiger partial charge < -0.3 is 4.57 Å². The topological polar surface area (TPSA) is 68.9 Å². The number of nitrogens with zero attached hydrogens (tertiary/aromatic N) is 3. The van der Waals surface area contributed by atoms with Gasteiger partial charge in [0, 0.05) is 12.3 Å². The number of aromatic nitrogens is 3. The Labute approximate surface area is 114 Å². The molecule has 0 aliphatic heterocycles. The largest absolute Gasteiger partial charge is 0.306 e. The lowest BCUT2D eigenvalue weighted by molar-refractivity contribution is -0.117. The van der Waals surface area contributed by atoms with Crippen LogP contribution in [0.2, 0.25) is 0 Å². The molecule has 6 nitrogen and oxygen atoms in total. The van der Waals surface area contributed by atoms with Crippen LogP contribution in [0.3, 0.4) is 0 Å². The number of hydrogen-bond donors (Lipinski definition) is 1.